The molecule has 0 radical (unpaired) electrons. The maximum atomic E-state index is 11.8. The first-order chi connectivity index (χ1) is 22.0. The maximum Gasteiger partial charge on any atom is 0.308 e. The summed E-state index contributed by atoms with van der Waals surface area (Å²) in [5.74, 6) is -4.52. The van der Waals surface area contributed by atoms with Crippen molar-refractivity contribution in [2.75, 3.05) is 13.7 Å². The zero-order chi connectivity index (χ0) is 34.7. The van der Waals surface area contributed by atoms with Crippen LogP contribution < -0.4 is 0 Å². The molecule has 0 unspecified atom stereocenters. The Morgan fingerprint density at radius 1 is 1.02 bits per heavy atom. The number of carboxylic acid groups (broad SMARTS) is 1. The number of aliphatic carboxylic acids is 1. The highest BCUT2D eigenvalue weighted by molar-refractivity contribution is 5.70. The number of carboxylic acids is 1. The molecule has 0 saturated carbocycles. The molecular weight excluding hydrogens is 608 g/mol. The average Bonchev–Trinajstić information content (AvgIpc) is 3.73. The quantitative estimate of drug-likeness (QED) is 0.264. The summed E-state index contributed by atoms with van der Waals surface area (Å²) in [7, 11) is 1.52. The molecule has 272 valence electrons. The smallest absolute Gasteiger partial charge is 0.308 e. The Bertz CT molecular complexity index is 1110. The lowest BCUT2D eigenvalue weighted by Crippen LogP contribution is -2.57. The third kappa shape index (κ3) is 6.67. The Morgan fingerprint density at radius 2 is 1.72 bits per heavy atom. The van der Waals surface area contributed by atoms with Crippen molar-refractivity contribution in [3.63, 3.8) is 0 Å². The van der Waals surface area contributed by atoms with E-state index in [9.17, 15) is 25.2 Å². The summed E-state index contributed by atoms with van der Waals surface area (Å²) >= 11 is 0. The Balaban J connectivity index is 1.29. The summed E-state index contributed by atoms with van der Waals surface area (Å²) < 4.78 is 39.4. The van der Waals surface area contributed by atoms with Gasteiger partial charge in [-0.15, -0.1) is 0 Å². The largest absolute Gasteiger partial charge is 0.481 e. The van der Waals surface area contributed by atoms with Gasteiger partial charge < -0.3 is 48.8 Å². The molecular formula is C36H62O11. The zero-order valence-corrected chi connectivity index (χ0v) is 30.0. The minimum Gasteiger partial charge on any atom is -0.481 e. The van der Waals surface area contributed by atoms with Gasteiger partial charge in [0, 0.05) is 37.7 Å². The zero-order valence-electron chi connectivity index (χ0n) is 30.0. The summed E-state index contributed by atoms with van der Waals surface area (Å²) in [5.41, 5.74) is -1.15. The lowest BCUT2D eigenvalue weighted by Gasteiger charge is -2.49. The van der Waals surface area contributed by atoms with Crippen LogP contribution in [0.4, 0.5) is 0 Å². The van der Waals surface area contributed by atoms with Crippen molar-refractivity contribution in [1.29, 1.82) is 0 Å². The fourth-order valence-electron chi connectivity index (χ4n) is 9.91. The molecule has 0 aromatic rings. The van der Waals surface area contributed by atoms with Crippen molar-refractivity contribution in [3.05, 3.63) is 0 Å². The van der Waals surface area contributed by atoms with Crippen LogP contribution >= 0.6 is 0 Å². The molecule has 0 aromatic heterocycles. The number of hydrogen-bond donors (Lipinski definition) is 4. The molecule has 5 aliphatic heterocycles. The van der Waals surface area contributed by atoms with E-state index in [4.69, 9.17) is 28.4 Å². The van der Waals surface area contributed by atoms with E-state index in [1.54, 1.807) is 6.92 Å². The molecule has 17 atom stereocenters. The van der Waals surface area contributed by atoms with Crippen molar-refractivity contribution >= 4 is 5.97 Å². The van der Waals surface area contributed by atoms with E-state index in [2.05, 4.69) is 27.7 Å². The summed E-state index contributed by atoms with van der Waals surface area (Å²) in [6.45, 7) is 15.6. The highest BCUT2D eigenvalue weighted by Crippen LogP contribution is 2.55. The van der Waals surface area contributed by atoms with Crippen molar-refractivity contribution in [2.45, 2.75) is 172 Å². The number of aliphatic hydroxyl groups excluding tert-OH is 2. The van der Waals surface area contributed by atoms with Crippen molar-refractivity contribution < 1.29 is 53.6 Å². The van der Waals surface area contributed by atoms with Gasteiger partial charge in [-0.2, -0.15) is 0 Å². The Hall–Kier alpha value is -0.890. The van der Waals surface area contributed by atoms with Crippen LogP contribution in [0.3, 0.4) is 0 Å². The number of hydrogen-bond acceptors (Lipinski definition) is 10. The van der Waals surface area contributed by atoms with Crippen LogP contribution in [0, 0.1) is 35.5 Å². The van der Waals surface area contributed by atoms with Crippen molar-refractivity contribution in [3.8, 4) is 0 Å². The van der Waals surface area contributed by atoms with Gasteiger partial charge in [0.05, 0.1) is 66.5 Å². The van der Waals surface area contributed by atoms with Gasteiger partial charge in [-0.25, -0.2) is 0 Å². The molecule has 0 aliphatic carbocycles. The second kappa shape index (κ2) is 13.7. The van der Waals surface area contributed by atoms with Crippen LogP contribution in [0.15, 0.2) is 0 Å². The monoisotopic (exact) mass is 670 g/mol. The van der Waals surface area contributed by atoms with Crippen molar-refractivity contribution in [2.24, 2.45) is 35.5 Å². The molecule has 47 heavy (non-hydrogen) atoms. The van der Waals surface area contributed by atoms with Gasteiger partial charge in [-0.05, 0) is 64.2 Å². The van der Waals surface area contributed by atoms with E-state index in [0.717, 1.165) is 32.1 Å². The minimum absolute atomic E-state index is 0.153. The molecule has 0 amide bonds. The third-order valence-electron chi connectivity index (χ3n) is 13.0. The molecule has 11 heteroatoms. The first-order valence-electron chi connectivity index (χ1n) is 18.1. The van der Waals surface area contributed by atoms with Gasteiger partial charge in [-0.1, -0.05) is 41.5 Å². The fourth-order valence-corrected chi connectivity index (χ4v) is 9.91. The predicted molar refractivity (Wildman–Crippen MR) is 172 cm³/mol. The van der Waals surface area contributed by atoms with E-state index >= 15 is 0 Å². The molecule has 5 aliphatic rings. The Labute approximate surface area is 281 Å². The van der Waals surface area contributed by atoms with Crippen molar-refractivity contribution in [1.82, 2.24) is 0 Å². The molecule has 0 bridgehead atoms. The number of carbonyl (C=O) groups is 1. The fraction of sp³-hybridized carbons (Fsp3) is 0.972. The summed E-state index contributed by atoms with van der Waals surface area (Å²) in [5, 5.41) is 41.8. The maximum absolute atomic E-state index is 11.8. The lowest BCUT2D eigenvalue weighted by molar-refractivity contribution is -0.336. The highest BCUT2D eigenvalue weighted by Gasteiger charge is 2.62. The van der Waals surface area contributed by atoms with E-state index in [1.807, 2.05) is 20.8 Å². The molecule has 1 spiro atoms. The second-order valence-corrected chi connectivity index (χ2v) is 16.3. The van der Waals surface area contributed by atoms with Crippen LogP contribution in [0.25, 0.3) is 0 Å². The Kier molecular flexibility index (Phi) is 10.9. The van der Waals surface area contributed by atoms with Gasteiger partial charge in [0.1, 0.15) is 0 Å². The molecule has 5 heterocycles. The SMILES string of the molecule is CC[C@@]1([C@@H]2O[C@@H]([C@H]3O[C@@](O)(CO)[C@H](C)C[C@@H]3C)C[C@@H]2C)CC[C@@H]([C@]2(C)CC[C@]3(C[C@H](O)[C@@H](C)[C@@H]([C@@H](C)[C@@H](OC)[C@H](C)C(=O)O)O3)O2)O1. The van der Waals surface area contributed by atoms with Crippen LogP contribution in [-0.4, -0.2) is 106 Å². The van der Waals surface area contributed by atoms with E-state index in [0.29, 0.717) is 19.3 Å². The lowest BCUT2D eigenvalue weighted by atomic mass is 9.78. The van der Waals surface area contributed by atoms with Gasteiger partial charge in [-0.3, -0.25) is 4.79 Å². The number of methoxy groups -OCH3 is 1. The van der Waals surface area contributed by atoms with E-state index < -0.39 is 59.6 Å². The standard InChI is InChI=1S/C36H62O11/c1-10-34(31-20(3)16-26(43-31)28-19(2)15-21(4)36(41,18-37)46-28)12-11-27(44-34)33(8)13-14-35(47-33)17-25(38)22(5)30(45-35)23(6)29(42-9)24(7)32(39)40/h19-31,37-38,41H,10-18H2,1-9H3,(H,39,40)/t19-,20-,21+,22+,23-,24-,25-,26+,27-,28-,29+,30-,31+,33-,34-,35+,36-/m0/s1. The summed E-state index contributed by atoms with van der Waals surface area (Å²) in [6, 6.07) is 0. The predicted octanol–water partition coefficient (Wildman–Crippen LogP) is 4.27. The van der Waals surface area contributed by atoms with E-state index in [-0.39, 0.29) is 54.0 Å². The number of rotatable bonds is 10. The first-order valence-corrected chi connectivity index (χ1v) is 18.1. The van der Waals surface area contributed by atoms with Crippen LogP contribution in [0.1, 0.15) is 107 Å². The second-order valence-electron chi connectivity index (χ2n) is 16.3. The topological polar surface area (TPSA) is 153 Å². The Morgan fingerprint density at radius 3 is 2.34 bits per heavy atom. The number of aliphatic hydroxyl groups is 3. The first kappa shape index (κ1) is 37.4. The van der Waals surface area contributed by atoms with Crippen LogP contribution in [-0.2, 0) is 33.2 Å². The normalized spacial score (nSPS) is 50.9. The van der Waals surface area contributed by atoms with Gasteiger partial charge in [0.2, 0.25) is 0 Å². The van der Waals surface area contributed by atoms with Crippen LogP contribution in [0.5, 0.6) is 0 Å². The highest BCUT2D eigenvalue weighted by atomic mass is 16.7. The number of ether oxygens (including phenoxy) is 6. The van der Waals surface area contributed by atoms with Gasteiger partial charge in [0.15, 0.2) is 11.6 Å². The van der Waals surface area contributed by atoms with Gasteiger partial charge >= 0.3 is 5.97 Å². The molecule has 4 N–H and O–H groups in total. The van der Waals surface area contributed by atoms with Crippen LogP contribution in [0.2, 0.25) is 0 Å². The molecule has 5 rings (SSSR count). The minimum atomic E-state index is -1.56. The molecule has 0 aromatic carbocycles. The summed E-state index contributed by atoms with van der Waals surface area (Å²) in [6.07, 6.45) is 2.99. The van der Waals surface area contributed by atoms with Gasteiger partial charge in [0.25, 0.3) is 0 Å². The molecule has 5 fully saturated rings. The molecule has 11 nitrogen and oxygen atoms in total. The third-order valence-corrected chi connectivity index (χ3v) is 13.0. The van der Waals surface area contributed by atoms with E-state index in [1.165, 1.54) is 7.11 Å². The average molecular weight is 671 g/mol. The summed E-state index contributed by atoms with van der Waals surface area (Å²) in [4.78, 5) is 11.8. The molecule has 5 saturated heterocycles.